The summed E-state index contributed by atoms with van der Waals surface area (Å²) >= 11 is 0.724. The minimum atomic E-state index is -4.37. The monoisotopic (exact) mass is 276 g/mol. The molecule has 0 aromatic heterocycles. The van der Waals surface area contributed by atoms with E-state index in [4.69, 9.17) is 4.55 Å². The quantitative estimate of drug-likeness (QED) is 0.639. The Morgan fingerprint density at radius 3 is 2.47 bits per heavy atom. The Hall–Kier alpha value is -0.560. The van der Waals surface area contributed by atoms with Gasteiger partial charge in [-0.2, -0.15) is 12.0 Å². The Morgan fingerprint density at radius 1 is 1.24 bits per heavy atom. The van der Waals surface area contributed by atoms with Crippen LogP contribution in [0.4, 0.5) is 0 Å². The van der Waals surface area contributed by atoms with Crippen LogP contribution in [0.15, 0.2) is 18.2 Å². The van der Waals surface area contributed by atoms with Crippen molar-refractivity contribution in [3.05, 3.63) is 34.9 Å². The largest absolute Gasteiger partial charge is 0.408 e. The molecular weight excluding hydrogens is 260 g/mol. The van der Waals surface area contributed by atoms with Crippen molar-refractivity contribution in [2.24, 2.45) is 0 Å². The molecule has 1 aromatic carbocycles. The Bertz CT molecular complexity index is 468. The topological polar surface area (TPSA) is 63.6 Å². The molecule has 1 aromatic rings. The lowest BCUT2D eigenvalue weighted by Crippen LogP contribution is -1.99. The summed E-state index contributed by atoms with van der Waals surface area (Å²) in [5.74, 6) is 0.400. The molecule has 0 spiro atoms. The highest BCUT2D eigenvalue weighted by atomic mass is 32.3. The van der Waals surface area contributed by atoms with E-state index in [1.54, 1.807) is 0 Å². The number of aryl methyl sites for hydroxylation is 2. The van der Waals surface area contributed by atoms with Gasteiger partial charge in [-0.1, -0.05) is 32.0 Å². The third-order valence-electron chi connectivity index (χ3n) is 2.41. The SMILES string of the molecule is CCc1ccc(CC)c(CSOS(=O)(=O)O)c1. The van der Waals surface area contributed by atoms with Gasteiger partial charge >= 0.3 is 10.4 Å². The summed E-state index contributed by atoms with van der Waals surface area (Å²) in [5.41, 5.74) is 3.40. The van der Waals surface area contributed by atoms with Gasteiger partial charge in [0, 0.05) is 17.8 Å². The normalized spacial score (nSPS) is 11.7. The van der Waals surface area contributed by atoms with Crippen LogP contribution in [-0.4, -0.2) is 13.0 Å². The number of hydrogen-bond acceptors (Lipinski definition) is 4. The Kier molecular flexibility index (Phi) is 5.45. The van der Waals surface area contributed by atoms with Gasteiger partial charge < -0.3 is 0 Å². The lowest BCUT2D eigenvalue weighted by molar-refractivity contribution is 0.407. The summed E-state index contributed by atoms with van der Waals surface area (Å²) in [6.07, 6.45) is 1.81. The molecule has 0 bridgehead atoms. The molecule has 0 atom stereocenters. The highest BCUT2D eigenvalue weighted by Gasteiger charge is 2.08. The van der Waals surface area contributed by atoms with Crippen LogP contribution in [0.1, 0.15) is 30.5 Å². The summed E-state index contributed by atoms with van der Waals surface area (Å²) in [6.45, 7) is 4.10. The smallest absolute Gasteiger partial charge is 0.263 e. The summed E-state index contributed by atoms with van der Waals surface area (Å²) < 4.78 is 33.5. The van der Waals surface area contributed by atoms with Crippen LogP contribution in [-0.2, 0) is 32.6 Å². The number of hydrogen-bond donors (Lipinski definition) is 1. The number of rotatable bonds is 6. The second kappa shape index (κ2) is 6.39. The molecule has 0 aliphatic heterocycles. The van der Waals surface area contributed by atoms with Crippen molar-refractivity contribution in [2.45, 2.75) is 32.4 Å². The second-order valence-corrected chi connectivity index (χ2v) is 5.49. The average Bonchev–Trinajstić information content (AvgIpc) is 2.27. The van der Waals surface area contributed by atoms with Gasteiger partial charge in [0.05, 0.1) is 0 Å². The van der Waals surface area contributed by atoms with Gasteiger partial charge in [0.1, 0.15) is 0 Å². The van der Waals surface area contributed by atoms with E-state index < -0.39 is 10.4 Å². The number of benzene rings is 1. The highest BCUT2D eigenvalue weighted by Crippen LogP contribution is 2.21. The maximum absolute atomic E-state index is 10.4. The van der Waals surface area contributed by atoms with E-state index in [2.05, 4.69) is 16.6 Å². The van der Waals surface area contributed by atoms with Gasteiger partial charge in [-0.3, -0.25) is 4.55 Å². The summed E-state index contributed by atoms with van der Waals surface area (Å²) in [6, 6.07) is 6.15. The second-order valence-electron chi connectivity index (χ2n) is 3.57. The Morgan fingerprint density at radius 2 is 1.94 bits per heavy atom. The summed E-state index contributed by atoms with van der Waals surface area (Å²) in [5, 5.41) is 0. The maximum atomic E-state index is 10.4. The van der Waals surface area contributed by atoms with Crippen molar-refractivity contribution in [3.8, 4) is 0 Å². The molecule has 0 aliphatic carbocycles. The summed E-state index contributed by atoms with van der Waals surface area (Å²) in [7, 11) is -4.37. The molecule has 1 rings (SSSR count). The lowest BCUT2D eigenvalue weighted by atomic mass is 10.0. The zero-order chi connectivity index (χ0) is 12.9. The molecule has 4 nitrogen and oxygen atoms in total. The fourth-order valence-corrected chi connectivity index (χ4v) is 2.60. The van der Waals surface area contributed by atoms with Crippen molar-refractivity contribution in [1.82, 2.24) is 0 Å². The summed E-state index contributed by atoms with van der Waals surface area (Å²) in [4.78, 5) is 0. The molecule has 6 heteroatoms. The van der Waals surface area contributed by atoms with Crippen molar-refractivity contribution in [1.29, 1.82) is 0 Å². The standard InChI is InChI=1S/C11H16O4S2/c1-3-9-5-6-10(4-2)11(7-9)8-16-15-17(12,13)14/h5-7H,3-4,8H2,1-2H3,(H,12,13,14). The van der Waals surface area contributed by atoms with Crippen molar-refractivity contribution < 1.29 is 16.6 Å². The van der Waals surface area contributed by atoms with E-state index in [9.17, 15) is 8.42 Å². The van der Waals surface area contributed by atoms with Gasteiger partial charge in [0.2, 0.25) is 0 Å². The molecule has 0 saturated carbocycles. The van der Waals surface area contributed by atoms with Gasteiger partial charge in [-0.25, -0.2) is 0 Å². The van der Waals surface area contributed by atoms with Crippen LogP contribution < -0.4 is 0 Å². The van der Waals surface area contributed by atoms with E-state index in [0.717, 1.165) is 36.0 Å². The molecule has 96 valence electrons. The zero-order valence-electron chi connectivity index (χ0n) is 9.84. The molecule has 17 heavy (non-hydrogen) atoms. The first-order chi connectivity index (χ1) is 7.96. The first kappa shape index (κ1) is 14.5. The van der Waals surface area contributed by atoms with Crippen LogP contribution in [0, 0.1) is 0 Å². The van der Waals surface area contributed by atoms with Gasteiger partial charge in [0.15, 0.2) is 0 Å². The van der Waals surface area contributed by atoms with Gasteiger partial charge in [-0.15, -0.1) is 0 Å². The zero-order valence-corrected chi connectivity index (χ0v) is 11.5. The van der Waals surface area contributed by atoms with Crippen molar-refractivity contribution >= 4 is 22.4 Å². The highest BCUT2D eigenvalue weighted by molar-refractivity contribution is 8.02. The minimum absolute atomic E-state index is 0.400. The van der Waals surface area contributed by atoms with Gasteiger partial charge in [0.25, 0.3) is 0 Å². The van der Waals surface area contributed by atoms with Crippen LogP contribution in [0.5, 0.6) is 0 Å². The van der Waals surface area contributed by atoms with E-state index in [-0.39, 0.29) is 0 Å². The van der Waals surface area contributed by atoms with Gasteiger partial charge in [-0.05, 0) is 29.5 Å². The molecule has 0 heterocycles. The van der Waals surface area contributed by atoms with Crippen molar-refractivity contribution in [2.75, 3.05) is 0 Å². The van der Waals surface area contributed by atoms with E-state index in [1.807, 2.05) is 19.1 Å². The molecular formula is C11H16O4S2. The molecule has 0 saturated heterocycles. The van der Waals surface area contributed by atoms with Crippen LogP contribution in [0.2, 0.25) is 0 Å². The van der Waals surface area contributed by atoms with E-state index in [0.29, 0.717) is 5.75 Å². The van der Waals surface area contributed by atoms with Crippen LogP contribution in [0.3, 0.4) is 0 Å². The fourth-order valence-electron chi connectivity index (χ4n) is 1.53. The maximum Gasteiger partial charge on any atom is 0.408 e. The first-order valence-corrected chi connectivity index (χ1v) is 7.63. The molecule has 1 N–H and O–H groups in total. The fraction of sp³-hybridized carbons (Fsp3) is 0.455. The lowest BCUT2D eigenvalue weighted by Gasteiger charge is -2.08. The Balaban J connectivity index is 2.74. The third-order valence-corrected chi connectivity index (χ3v) is 3.91. The predicted octanol–water partition coefficient (Wildman–Crippen LogP) is 2.78. The predicted molar refractivity (Wildman–Crippen MR) is 69.1 cm³/mol. The Labute approximate surface area is 107 Å². The minimum Gasteiger partial charge on any atom is -0.263 e. The first-order valence-electron chi connectivity index (χ1n) is 5.35. The average molecular weight is 276 g/mol. The molecule has 0 aliphatic rings. The molecule has 0 amide bonds. The molecule has 0 fully saturated rings. The van der Waals surface area contributed by atoms with E-state index >= 15 is 0 Å². The molecule has 0 unspecified atom stereocenters. The van der Waals surface area contributed by atoms with Crippen LogP contribution in [0.25, 0.3) is 0 Å². The van der Waals surface area contributed by atoms with Crippen molar-refractivity contribution in [3.63, 3.8) is 0 Å². The van der Waals surface area contributed by atoms with Crippen LogP contribution >= 0.6 is 12.0 Å². The molecule has 0 radical (unpaired) electrons. The van der Waals surface area contributed by atoms with E-state index in [1.165, 1.54) is 5.56 Å². The third kappa shape index (κ3) is 5.08.